The summed E-state index contributed by atoms with van der Waals surface area (Å²) in [5, 5.41) is 1.16. The Morgan fingerprint density at radius 2 is 2.17 bits per heavy atom. The number of nitrogens with zero attached hydrogens (tertiary/aromatic N) is 1. The Morgan fingerprint density at radius 3 is 2.88 bits per heavy atom. The number of aryl methyl sites for hydroxylation is 2. The molecule has 1 N–H and O–H groups in total. The molecule has 2 aromatic rings. The van der Waals surface area contributed by atoms with Crippen molar-refractivity contribution in [2.45, 2.75) is 52.4 Å². The van der Waals surface area contributed by atoms with E-state index in [1.54, 1.807) is 6.20 Å². The van der Waals surface area contributed by atoms with Gasteiger partial charge >= 0.3 is 5.97 Å². The zero-order valence-electron chi connectivity index (χ0n) is 14.8. The number of ether oxygens (including phenoxy) is 2. The van der Waals surface area contributed by atoms with Crippen LogP contribution in [0.25, 0.3) is 10.9 Å². The Bertz CT molecular complexity index is 736. The molecule has 0 saturated heterocycles. The molecule has 24 heavy (non-hydrogen) atoms. The second kappa shape index (κ2) is 7.34. The molecule has 0 spiro atoms. The molecule has 5 nitrogen and oxygen atoms in total. The summed E-state index contributed by atoms with van der Waals surface area (Å²) in [4.78, 5) is 20.2. The van der Waals surface area contributed by atoms with Gasteiger partial charge in [-0.3, -0.25) is 0 Å². The Kier molecular flexibility index (Phi) is 5.19. The van der Waals surface area contributed by atoms with Gasteiger partial charge in [0.05, 0.1) is 24.9 Å². The highest BCUT2D eigenvalue weighted by Gasteiger charge is 2.28. The SMILES string of the molecule is CCOCC1CCCc2[nH]c3cnc(C(=O)OCC)c(CC)c3c21. The van der Waals surface area contributed by atoms with Crippen LogP contribution < -0.4 is 0 Å². The average molecular weight is 330 g/mol. The van der Waals surface area contributed by atoms with E-state index >= 15 is 0 Å². The third kappa shape index (κ3) is 2.93. The van der Waals surface area contributed by atoms with Crippen LogP contribution in [0.3, 0.4) is 0 Å². The van der Waals surface area contributed by atoms with Gasteiger partial charge in [-0.25, -0.2) is 9.78 Å². The van der Waals surface area contributed by atoms with Crippen molar-refractivity contribution in [3.63, 3.8) is 0 Å². The largest absolute Gasteiger partial charge is 0.461 e. The molecule has 1 unspecified atom stereocenters. The van der Waals surface area contributed by atoms with Crippen LogP contribution >= 0.6 is 0 Å². The normalized spacial score (nSPS) is 17.0. The molecule has 1 aliphatic carbocycles. The molecule has 0 saturated carbocycles. The molecular formula is C19H26N2O3. The number of hydrogen-bond acceptors (Lipinski definition) is 4. The third-order valence-electron chi connectivity index (χ3n) is 4.79. The number of aromatic nitrogens is 2. The lowest BCUT2D eigenvalue weighted by Crippen LogP contribution is -2.15. The number of H-pyrrole nitrogens is 1. The quantitative estimate of drug-likeness (QED) is 0.819. The Hall–Kier alpha value is -1.88. The fraction of sp³-hybridized carbons (Fsp3) is 0.579. The second-order valence-electron chi connectivity index (χ2n) is 6.21. The lowest BCUT2D eigenvalue weighted by Gasteiger charge is -2.23. The molecule has 5 heteroatoms. The van der Waals surface area contributed by atoms with Crippen molar-refractivity contribution in [2.24, 2.45) is 0 Å². The Balaban J connectivity index is 2.15. The molecule has 0 bridgehead atoms. The van der Waals surface area contributed by atoms with Crippen molar-refractivity contribution < 1.29 is 14.3 Å². The number of carbonyl (C=O) groups excluding carboxylic acids is 1. The predicted octanol–water partition coefficient (Wildman–Crippen LogP) is 3.76. The lowest BCUT2D eigenvalue weighted by molar-refractivity contribution is 0.0518. The van der Waals surface area contributed by atoms with E-state index in [-0.39, 0.29) is 5.97 Å². The first-order valence-electron chi connectivity index (χ1n) is 8.98. The van der Waals surface area contributed by atoms with Crippen LogP contribution in [-0.2, 0) is 22.3 Å². The number of hydrogen-bond donors (Lipinski definition) is 1. The molecule has 1 aliphatic rings. The number of carbonyl (C=O) groups is 1. The number of aromatic amines is 1. The van der Waals surface area contributed by atoms with E-state index < -0.39 is 0 Å². The van der Waals surface area contributed by atoms with Crippen LogP contribution in [-0.4, -0.2) is 35.8 Å². The minimum atomic E-state index is -0.330. The predicted molar refractivity (Wildman–Crippen MR) is 93.6 cm³/mol. The fourth-order valence-corrected chi connectivity index (χ4v) is 3.80. The summed E-state index contributed by atoms with van der Waals surface area (Å²) >= 11 is 0. The van der Waals surface area contributed by atoms with Gasteiger partial charge in [-0.2, -0.15) is 0 Å². The number of esters is 1. The van der Waals surface area contributed by atoms with Gasteiger partial charge in [0, 0.05) is 23.6 Å². The first-order chi connectivity index (χ1) is 11.7. The van der Waals surface area contributed by atoms with E-state index in [1.807, 2.05) is 13.8 Å². The molecule has 0 fully saturated rings. The second-order valence-corrected chi connectivity index (χ2v) is 6.21. The van der Waals surface area contributed by atoms with Gasteiger partial charge in [0.15, 0.2) is 5.69 Å². The minimum Gasteiger partial charge on any atom is -0.461 e. The smallest absolute Gasteiger partial charge is 0.357 e. The molecule has 0 aromatic carbocycles. The van der Waals surface area contributed by atoms with E-state index in [4.69, 9.17) is 9.47 Å². The molecule has 1 atom stereocenters. The number of fused-ring (bicyclic) bond motifs is 3. The topological polar surface area (TPSA) is 64.2 Å². The molecule has 0 amide bonds. The van der Waals surface area contributed by atoms with Gasteiger partial charge in [0.25, 0.3) is 0 Å². The summed E-state index contributed by atoms with van der Waals surface area (Å²) < 4.78 is 10.9. The van der Waals surface area contributed by atoms with E-state index in [0.717, 1.165) is 55.4 Å². The van der Waals surface area contributed by atoms with Gasteiger partial charge < -0.3 is 14.5 Å². The van der Waals surface area contributed by atoms with Gasteiger partial charge in [-0.05, 0) is 50.7 Å². The van der Waals surface area contributed by atoms with E-state index in [2.05, 4.69) is 16.9 Å². The summed E-state index contributed by atoms with van der Waals surface area (Å²) in [5.41, 5.74) is 5.07. The first kappa shape index (κ1) is 17.0. The first-order valence-corrected chi connectivity index (χ1v) is 8.98. The third-order valence-corrected chi connectivity index (χ3v) is 4.79. The molecule has 2 heterocycles. The van der Waals surface area contributed by atoms with Gasteiger partial charge in [-0.15, -0.1) is 0 Å². The lowest BCUT2D eigenvalue weighted by atomic mass is 9.84. The van der Waals surface area contributed by atoms with Crippen molar-refractivity contribution in [3.05, 3.63) is 28.7 Å². The maximum atomic E-state index is 12.3. The maximum absolute atomic E-state index is 12.3. The molecule has 2 aromatic heterocycles. The molecule has 0 aliphatic heterocycles. The van der Waals surface area contributed by atoms with Crippen molar-refractivity contribution in [3.8, 4) is 0 Å². The monoisotopic (exact) mass is 330 g/mol. The van der Waals surface area contributed by atoms with Crippen molar-refractivity contribution >= 4 is 16.9 Å². The van der Waals surface area contributed by atoms with Crippen LogP contribution in [0.4, 0.5) is 0 Å². The van der Waals surface area contributed by atoms with Crippen LogP contribution in [0.2, 0.25) is 0 Å². The summed E-state index contributed by atoms with van der Waals surface area (Å²) in [7, 11) is 0. The number of rotatable bonds is 6. The van der Waals surface area contributed by atoms with E-state index in [0.29, 0.717) is 18.2 Å². The molecular weight excluding hydrogens is 304 g/mol. The molecule has 0 radical (unpaired) electrons. The van der Waals surface area contributed by atoms with Crippen LogP contribution in [0.1, 0.15) is 66.8 Å². The summed E-state index contributed by atoms with van der Waals surface area (Å²) in [6.45, 7) is 7.73. The van der Waals surface area contributed by atoms with Crippen molar-refractivity contribution in [2.75, 3.05) is 19.8 Å². The molecule has 130 valence electrons. The van der Waals surface area contributed by atoms with Crippen LogP contribution in [0, 0.1) is 0 Å². The highest BCUT2D eigenvalue weighted by atomic mass is 16.5. The highest BCUT2D eigenvalue weighted by molar-refractivity contribution is 5.97. The summed E-state index contributed by atoms with van der Waals surface area (Å²) in [6.07, 6.45) is 5.86. The van der Waals surface area contributed by atoms with Crippen LogP contribution in [0.5, 0.6) is 0 Å². The summed E-state index contributed by atoms with van der Waals surface area (Å²) in [5.74, 6) is 0.0496. The minimum absolute atomic E-state index is 0.330. The van der Waals surface area contributed by atoms with Gasteiger partial charge in [-0.1, -0.05) is 6.92 Å². The Labute approximate surface area is 142 Å². The van der Waals surface area contributed by atoms with Gasteiger partial charge in [0.1, 0.15) is 0 Å². The standard InChI is InChI=1S/C19H26N2O3/c1-4-13-17-15(10-20-18(13)19(22)24-6-3)21-14-9-7-8-12(16(14)17)11-23-5-2/h10,12,21H,4-9,11H2,1-3H3. The van der Waals surface area contributed by atoms with Crippen molar-refractivity contribution in [1.82, 2.24) is 9.97 Å². The average Bonchev–Trinajstić information content (AvgIpc) is 2.98. The molecule has 3 rings (SSSR count). The zero-order valence-corrected chi connectivity index (χ0v) is 14.8. The van der Waals surface area contributed by atoms with E-state index in [9.17, 15) is 4.79 Å². The maximum Gasteiger partial charge on any atom is 0.357 e. The number of pyridine rings is 1. The Morgan fingerprint density at radius 1 is 1.33 bits per heavy atom. The number of nitrogens with one attached hydrogen (secondary N) is 1. The van der Waals surface area contributed by atoms with Crippen LogP contribution in [0.15, 0.2) is 6.20 Å². The van der Waals surface area contributed by atoms with E-state index in [1.165, 1.54) is 11.3 Å². The summed E-state index contributed by atoms with van der Waals surface area (Å²) in [6, 6.07) is 0. The highest BCUT2D eigenvalue weighted by Crippen LogP contribution is 2.39. The van der Waals surface area contributed by atoms with Gasteiger partial charge in [0.2, 0.25) is 0 Å². The fourth-order valence-electron chi connectivity index (χ4n) is 3.80. The van der Waals surface area contributed by atoms with Crippen molar-refractivity contribution in [1.29, 1.82) is 0 Å². The zero-order chi connectivity index (χ0) is 17.1.